The first-order valence-electron chi connectivity index (χ1n) is 6.88. The second-order valence-corrected chi connectivity index (χ2v) is 7.15. The number of hydrogen-bond donors (Lipinski definition) is 2. The Hall–Kier alpha value is -1.60. The highest BCUT2D eigenvalue weighted by Crippen LogP contribution is 2.28. The molecule has 0 unspecified atom stereocenters. The third-order valence-corrected chi connectivity index (χ3v) is 5.14. The van der Waals surface area contributed by atoms with Gasteiger partial charge in [0.25, 0.3) is 0 Å². The number of nitrogens with zero attached hydrogens (tertiary/aromatic N) is 1. The zero-order valence-corrected chi connectivity index (χ0v) is 13.0. The minimum Gasteiger partial charge on any atom is -0.481 e. The van der Waals surface area contributed by atoms with Crippen LogP contribution >= 0.6 is 0 Å². The maximum absolute atomic E-state index is 12.3. The summed E-state index contributed by atoms with van der Waals surface area (Å²) in [5.41, 5.74) is 2.07. The summed E-state index contributed by atoms with van der Waals surface area (Å²) in [4.78, 5) is 12.8. The number of carboxylic acids is 1. The molecule has 0 amide bonds. The number of aryl methyl sites for hydroxylation is 1. The molecule has 6 nitrogen and oxygen atoms in total. The number of benzene rings is 1. The van der Waals surface area contributed by atoms with Crippen LogP contribution in [0.3, 0.4) is 0 Å². The molecule has 1 aliphatic rings. The van der Waals surface area contributed by atoms with Crippen molar-refractivity contribution < 1.29 is 18.3 Å². The Morgan fingerprint density at radius 3 is 2.86 bits per heavy atom. The van der Waals surface area contributed by atoms with Gasteiger partial charge in [0.1, 0.15) is 0 Å². The van der Waals surface area contributed by atoms with Gasteiger partial charge in [0, 0.05) is 25.3 Å². The molecule has 0 saturated heterocycles. The summed E-state index contributed by atoms with van der Waals surface area (Å²) in [6.07, 6.45) is 1.76. The molecule has 0 spiro atoms. The molecule has 0 fully saturated rings. The largest absolute Gasteiger partial charge is 0.481 e. The van der Waals surface area contributed by atoms with E-state index in [9.17, 15) is 13.2 Å². The molecule has 0 aliphatic carbocycles. The molecule has 0 saturated carbocycles. The van der Waals surface area contributed by atoms with E-state index in [0.717, 1.165) is 30.6 Å². The molecule has 2 N–H and O–H groups in total. The third kappa shape index (κ3) is 3.74. The molecule has 7 heteroatoms. The van der Waals surface area contributed by atoms with Crippen LogP contribution in [-0.2, 0) is 21.2 Å². The van der Waals surface area contributed by atoms with Gasteiger partial charge >= 0.3 is 5.97 Å². The third-order valence-electron chi connectivity index (χ3n) is 3.56. The Morgan fingerprint density at radius 2 is 2.19 bits per heavy atom. The van der Waals surface area contributed by atoms with Crippen molar-refractivity contribution >= 4 is 21.7 Å². The maximum atomic E-state index is 12.3. The van der Waals surface area contributed by atoms with Gasteiger partial charge in [-0.25, -0.2) is 13.1 Å². The fourth-order valence-electron chi connectivity index (χ4n) is 2.54. The molecule has 2 rings (SSSR count). The van der Waals surface area contributed by atoms with E-state index in [-0.39, 0.29) is 11.3 Å². The van der Waals surface area contributed by atoms with Gasteiger partial charge in [-0.2, -0.15) is 0 Å². The number of aliphatic carboxylic acids is 1. The highest BCUT2D eigenvalue weighted by molar-refractivity contribution is 7.89. The quantitative estimate of drug-likeness (QED) is 0.853. The van der Waals surface area contributed by atoms with E-state index in [0.29, 0.717) is 0 Å². The Balaban J connectivity index is 2.24. The van der Waals surface area contributed by atoms with Gasteiger partial charge in [0.2, 0.25) is 10.0 Å². The standard InChI is InChI=1S/C14H20N2O4S/c1-10(8-14(17)18)15-21(19,20)12-6-5-11-4-3-7-16(2)13(11)9-12/h5-6,9-10,15H,3-4,7-8H2,1-2H3,(H,17,18)/t10-/m1/s1. The molecule has 116 valence electrons. The predicted molar refractivity (Wildman–Crippen MR) is 80.1 cm³/mol. The second-order valence-electron chi connectivity index (χ2n) is 5.44. The Bertz CT molecular complexity index is 642. The molecule has 21 heavy (non-hydrogen) atoms. The summed E-state index contributed by atoms with van der Waals surface area (Å²) in [6, 6.07) is 4.42. The zero-order valence-electron chi connectivity index (χ0n) is 12.2. The number of carboxylic acid groups (broad SMARTS) is 1. The first-order valence-corrected chi connectivity index (χ1v) is 8.36. The highest BCUT2D eigenvalue weighted by atomic mass is 32.2. The zero-order chi connectivity index (χ0) is 15.6. The van der Waals surface area contributed by atoms with Crippen molar-refractivity contribution in [1.82, 2.24) is 4.72 Å². The first kappa shape index (κ1) is 15.8. The van der Waals surface area contributed by atoms with Gasteiger partial charge < -0.3 is 10.0 Å². The molecule has 1 aliphatic heterocycles. The fourth-order valence-corrected chi connectivity index (χ4v) is 3.80. The number of anilines is 1. The molecule has 0 aromatic heterocycles. The number of nitrogens with one attached hydrogen (secondary N) is 1. The maximum Gasteiger partial charge on any atom is 0.304 e. The topological polar surface area (TPSA) is 86.7 Å². The molecule has 0 bridgehead atoms. The fraction of sp³-hybridized carbons (Fsp3) is 0.500. The van der Waals surface area contributed by atoms with Crippen LogP contribution in [0.25, 0.3) is 0 Å². The second kappa shape index (κ2) is 6.03. The monoisotopic (exact) mass is 312 g/mol. The van der Waals surface area contributed by atoms with E-state index >= 15 is 0 Å². The summed E-state index contributed by atoms with van der Waals surface area (Å²) in [6.45, 7) is 2.44. The minimum atomic E-state index is -3.70. The Labute approximate surface area is 124 Å². The van der Waals surface area contributed by atoms with Crippen molar-refractivity contribution in [2.24, 2.45) is 0 Å². The lowest BCUT2D eigenvalue weighted by Gasteiger charge is -2.28. The van der Waals surface area contributed by atoms with Crippen molar-refractivity contribution in [2.45, 2.75) is 37.1 Å². The van der Waals surface area contributed by atoms with Crippen molar-refractivity contribution in [1.29, 1.82) is 0 Å². The lowest BCUT2D eigenvalue weighted by Crippen LogP contribution is -2.34. The summed E-state index contributed by atoms with van der Waals surface area (Å²) >= 11 is 0. The van der Waals surface area contributed by atoms with E-state index in [1.807, 2.05) is 18.0 Å². The van der Waals surface area contributed by atoms with Crippen LogP contribution in [0.5, 0.6) is 0 Å². The highest BCUT2D eigenvalue weighted by Gasteiger charge is 2.22. The van der Waals surface area contributed by atoms with Crippen molar-refractivity contribution in [3.05, 3.63) is 23.8 Å². The molecule has 1 aromatic rings. The summed E-state index contributed by atoms with van der Waals surface area (Å²) in [7, 11) is -1.76. The smallest absolute Gasteiger partial charge is 0.304 e. The average Bonchev–Trinajstić information content (AvgIpc) is 2.37. The van der Waals surface area contributed by atoms with Gasteiger partial charge in [0.05, 0.1) is 11.3 Å². The lowest BCUT2D eigenvalue weighted by molar-refractivity contribution is -0.137. The number of rotatable bonds is 5. The van der Waals surface area contributed by atoms with E-state index in [4.69, 9.17) is 5.11 Å². The number of sulfonamides is 1. The SMILES string of the molecule is C[C@H](CC(=O)O)NS(=O)(=O)c1ccc2c(c1)N(C)CCC2. The van der Waals surface area contributed by atoms with Crippen molar-refractivity contribution in [3.63, 3.8) is 0 Å². The summed E-state index contributed by atoms with van der Waals surface area (Å²) in [5.74, 6) is -1.03. The van der Waals surface area contributed by atoms with Gasteiger partial charge in [-0.3, -0.25) is 4.79 Å². The Kier molecular flexibility index (Phi) is 4.53. The first-order chi connectivity index (χ1) is 9.79. The van der Waals surface area contributed by atoms with E-state index < -0.39 is 22.0 Å². The minimum absolute atomic E-state index is 0.173. The number of carbonyl (C=O) groups is 1. The molecule has 1 heterocycles. The molecule has 0 radical (unpaired) electrons. The normalized spacial score (nSPS) is 16.4. The van der Waals surface area contributed by atoms with E-state index in [1.165, 1.54) is 6.92 Å². The van der Waals surface area contributed by atoms with Crippen LogP contribution in [0.15, 0.2) is 23.1 Å². The van der Waals surface area contributed by atoms with E-state index in [2.05, 4.69) is 4.72 Å². The lowest BCUT2D eigenvalue weighted by atomic mass is 10.0. The van der Waals surface area contributed by atoms with Crippen LogP contribution in [0.1, 0.15) is 25.3 Å². The van der Waals surface area contributed by atoms with Crippen LogP contribution in [0, 0.1) is 0 Å². The molecular formula is C14H20N2O4S. The Morgan fingerprint density at radius 1 is 1.48 bits per heavy atom. The summed E-state index contributed by atoms with van der Waals surface area (Å²) in [5, 5.41) is 8.70. The van der Waals surface area contributed by atoms with Crippen LogP contribution in [-0.4, -0.2) is 39.1 Å². The average molecular weight is 312 g/mol. The molecule has 1 aromatic carbocycles. The summed E-state index contributed by atoms with van der Waals surface area (Å²) < 4.78 is 27.0. The predicted octanol–water partition coefficient (Wildman–Crippen LogP) is 1.21. The number of fused-ring (bicyclic) bond motifs is 1. The van der Waals surface area contributed by atoms with Gasteiger partial charge in [-0.05, 0) is 37.5 Å². The van der Waals surface area contributed by atoms with Gasteiger partial charge in [0.15, 0.2) is 0 Å². The number of hydrogen-bond acceptors (Lipinski definition) is 4. The van der Waals surface area contributed by atoms with Crippen LogP contribution in [0.4, 0.5) is 5.69 Å². The van der Waals surface area contributed by atoms with Crippen LogP contribution < -0.4 is 9.62 Å². The van der Waals surface area contributed by atoms with Gasteiger partial charge in [-0.15, -0.1) is 0 Å². The molecular weight excluding hydrogens is 292 g/mol. The van der Waals surface area contributed by atoms with Crippen molar-refractivity contribution in [2.75, 3.05) is 18.5 Å². The molecule has 1 atom stereocenters. The van der Waals surface area contributed by atoms with Crippen LogP contribution in [0.2, 0.25) is 0 Å². The van der Waals surface area contributed by atoms with E-state index in [1.54, 1.807) is 12.1 Å². The van der Waals surface area contributed by atoms with Gasteiger partial charge in [-0.1, -0.05) is 6.07 Å². The van der Waals surface area contributed by atoms with Crippen molar-refractivity contribution in [3.8, 4) is 0 Å².